The first-order valence-electron chi connectivity index (χ1n) is 12.3. The van der Waals surface area contributed by atoms with Crippen LogP contribution in [0, 0.1) is 5.41 Å². The number of amides is 1. The van der Waals surface area contributed by atoms with Gasteiger partial charge >= 0.3 is 6.09 Å². The molecule has 1 atom stereocenters. The molecule has 0 bridgehead atoms. The highest BCUT2D eigenvalue weighted by Gasteiger charge is 2.27. The number of carbonyl (C=O) groups excluding carboxylic acids is 1. The lowest BCUT2D eigenvalue weighted by Crippen LogP contribution is -2.33. The van der Waals surface area contributed by atoms with Crippen molar-refractivity contribution in [3.05, 3.63) is 34.6 Å². The zero-order valence-corrected chi connectivity index (χ0v) is 23.8. The van der Waals surface area contributed by atoms with Gasteiger partial charge in [0.2, 0.25) is 0 Å². The molecular formula is C25H35Cl2N7O2S. The molecule has 9 nitrogen and oxygen atoms in total. The number of rotatable bonds is 13. The normalized spacial score (nSPS) is 12.7. The number of anilines is 1. The number of fused-ring (bicyclic) bond motifs is 1. The van der Waals surface area contributed by atoms with Gasteiger partial charge in [0.1, 0.15) is 12.4 Å². The summed E-state index contributed by atoms with van der Waals surface area (Å²) in [7, 11) is 0. The van der Waals surface area contributed by atoms with E-state index in [0.29, 0.717) is 33.6 Å². The summed E-state index contributed by atoms with van der Waals surface area (Å²) in [5.74, 6) is 0.350. The van der Waals surface area contributed by atoms with Crippen molar-refractivity contribution < 1.29 is 9.53 Å². The van der Waals surface area contributed by atoms with Gasteiger partial charge < -0.3 is 26.1 Å². The van der Waals surface area contributed by atoms with Gasteiger partial charge in [-0.2, -0.15) is 0 Å². The minimum absolute atomic E-state index is 0.128. The summed E-state index contributed by atoms with van der Waals surface area (Å²) in [6.07, 6.45) is 5.34. The minimum atomic E-state index is -0.709. The van der Waals surface area contributed by atoms with E-state index in [0.717, 1.165) is 55.2 Å². The SMILES string of the molecule is CC(C)(C)C(CCCCCNCCCn1c(Sc2cc(Cl)cc(Cl)c2)nc2c(N)ncnc21)OC(N)=O. The Bertz CT molecular complexity index is 1180. The summed E-state index contributed by atoms with van der Waals surface area (Å²) < 4.78 is 7.35. The first kappa shape index (κ1) is 29.3. The van der Waals surface area contributed by atoms with Gasteiger partial charge in [0.05, 0.1) is 0 Å². The lowest BCUT2D eigenvalue weighted by Gasteiger charge is -2.29. The predicted octanol–water partition coefficient (Wildman–Crippen LogP) is 5.92. The standard InChI is InChI=1S/C25H35Cl2N7O2S/c1-25(2,3)19(36-23(29)35)8-5-4-6-9-30-10-7-11-34-22-20(21(28)31-15-32-22)33-24(34)37-18-13-16(26)12-17(27)14-18/h12-15,19,30H,4-11H2,1-3H3,(H2,29,35)(H2,28,31,32). The molecular weight excluding hydrogens is 533 g/mol. The van der Waals surface area contributed by atoms with E-state index in [1.165, 1.54) is 18.1 Å². The molecule has 3 aromatic rings. The quantitative estimate of drug-likeness (QED) is 0.217. The second kappa shape index (κ2) is 13.5. The zero-order chi connectivity index (χ0) is 27.0. The molecule has 202 valence electrons. The van der Waals surface area contributed by atoms with Crippen LogP contribution < -0.4 is 16.8 Å². The fraction of sp³-hybridized carbons (Fsp3) is 0.520. The van der Waals surface area contributed by atoms with Crippen molar-refractivity contribution in [1.82, 2.24) is 24.8 Å². The van der Waals surface area contributed by atoms with Gasteiger partial charge in [-0.05, 0) is 62.4 Å². The summed E-state index contributed by atoms with van der Waals surface area (Å²) in [4.78, 5) is 25.2. The van der Waals surface area contributed by atoms with Crippen LogP contribution in [0.2, 0.25) is 10.0 Å². The molecule has 3 rings (SSSR count). The summed E-state index contributed by atoms with van der Waals surface area (Å²) in [5, 5.41) is 5.39. The van der Waals surface area contributed by atoms with Gasteiger partial charge in [0.25, 0.3) is 0 Å². The first-order valence-corrected chi connectivity index (χ1v) is 13.9. The number of ether oxygens (including phenoxy) is 1. The smallest absolute Gasteiger partial charge is 0.404 e. The number of nitrogens with one attached hydrogen (secondary N) is 1. The van der Waals surface area contributed by atoms with E-state index in [9.17, 15) is 4.79 Å². The molecule has 0 aliphatic heterocycles. The number of nitrogens with two attached hydrogens (primary N) is 2. The topological polar surface area (TPSA) is 134 Å². The fourth-order valence-electron chi connectivity index (χ4n) is 3.96. The monoisotopic (exact) mass is 567 g/mol. The van der Waals surface area contributed by atoms with Crippen LogP contribution in [0.25, 0.3) is 11.2 Å². The average Bonchev–Trinajstić information content (AvgIpc) is 3.14. The van der Waals surface area contributed by atoms with Gasteiger partial charge in [-0.15, -0.1) is 0 Å². The fourth-order valence-corrected chi connectivity index (χ4v) is 5.62. The van der Waals surface area contributed by atoms with E-state index >= 15 is 0 Å². The number of hydrogen-bond acceptors (Lipinski definition) is 8. The average molecular weight is 569 g/mol. The molecule has 1 aromatic carbocycles. The number of aromatic nitrogens is 4. The molecule has 0 saturated heterocycles. The summed E-state index contributed by atoms with van der Waals surface area (Å²) in [6, 6.07) is 5.40. The molecule has 5 N–H and O–H groups in total. The summed E-state index contributed by atoms with van der Waals surface area (Å²) >= 11 is 13.8. The number of unbranched alkanes of at least 4 members (excludes halogenated alkanes) is 2. The van der Waals surface area contributed by atoms with E-state index < -0.39 is 6.09 Å². The molecule has 0 radical (unpaired) electrons. The maximum absolute atomic E-state index is 11.2. The van der Waals surface area contributed by atoms with E-state index in [2.05, 4.69) is 40.6 Å². The highest BCUT2D eigenvalue weighted by Crippen LogP contribution is 2.34. The zero-order valence-electron chi connectivity index (χ0n) is 21.5. The molecule has 0 fully saturated rings. The Labute approximate surface area is 232 Å². The highest BCUT2D eigenvalue weighted by atomic mass is 35.5. The number of hydrogen-bond donors (Lipinski definition) is 3. The molecule has 37 heavy (non-hydrogen) atoms. The maximum Gasteiger partial charge on any atom is 0.404 e. The van der Waals surface area contributed by atoms with Gasteiger partial charge in [0.15, 0.2) is 22.1 Å². The minimum Gasteiger partial charge on any atom is -0.446 e. The van der Waals surface area contributed by atoms with Crippen LogP contribution in [0.15, 0.2) is 34.6 Å². The maximum atomic E-state index is 11.2. The number of aryl methyl sites for hydroxylation is 1. The highest BCUT2D eigenvalue weighted by molar-refractivity contribution is 7.99. The Hall–Kier alpha value is -2.27. The second-order valence-electron chi connectivity index (χ2n) is 9.93. The van der Waals surface area contributed by atoms with E-state index in [-0.39, 0.29) is 11.5 Å². The molecule has 12 heteroatoms. The van der Waals surface area contributed by atoms with Crippen molar-refractivity contribution in [1.29, 1.82) is 0 Å². The number of imidazole rings is 1. The van der Waals surface area contributed by atoms with Crippen LogP contribution in [-0.4, -0.2) is 44.8 Å². The van der Waals surface area contributed by atoms with Crippen LogP contribution in [0.4, 0.5) is 10.6 Å². The van der Waals surface area contributed by atoms with Crippen LogP contribution >= 0.6 is 35.0 Å². The summed E-state index contributed by atoms with van der Waals surface area (Å²) in [6.45, 7) is 8.65. The van der Waals surface area contributed by atoms with Gasteiger partial charge in [-0.25, -0.2) is 19.7 Å². The Balaban J connectivity index is 1.49. The van der Waals surface area contributed by atoms with Crippen LogP contribution in [-0.2, 0) is 11.3 Å². The van der Waals surface area contributed by atoms with Crippen LogP contribution in [0.3, 0.4) is 0 Å². The molecule has 2 heterocycles. The Morgan fingerprint density at radius 3 is 2.49 bits per heavy atom. The number of nitrogen functional groups attached to an aromatic ring is 1. The molecule has 1 amide bonds. The van der Waals surface area contributed by atoms with Crippen LogP contribution in [0.1, 0.15) is 52.9 Å². The van der Waals surface area contributed by atoms with Crippen molar-refractivity contribution in [2.75, 3.05) is 18.8 Å². The Morgan fingerprint density at radius 1 is 1.11 bits per heavy atom. The molecule has 2 aromatic heterocycles. The van der Waals surface area contributed by atoms with Gasteiger partial charge in [-0.3, -0.25) is 0 Å². The molecule has 0 aliphatic carbocycles. The van der Waals surface area contributed by atoms with E-state index in [1.807, 2.05) is 12.1 Å². The largest absolute Gasteiger partial charge is 0.446 e. The van der Waals surface area contributed by atoms with Crippen molar-refractivity contribution in [3.8, 4) is 0 Å². The van der Waals surface area contributed by atoms with Crippen molar-refractivity contribution in [2.24, 2.45) is 11.1 Å². The third-order valence-electron chi connectivity index (χ3n) is 5.85. The number of nitrogens with zero attached hydrogens (tertiary/aromatic N) is 4. The second-order valence-corrected chi connectivity index (χ2v) is 11.8. The predicted molar refractivity (Wildman–Crippen MR) is 150 cm³/mol. The number of primary amides is 1. The van der Waals surface area contributed by atoms with E-state index in [1.54, 1.807) is 6.07 Å². The Morgan fingerprint density at radius 2 is 1.81 bits per heavy atom. The van der Waals surface area contributed by atoms with E-state index in [4.69, 9.17) is 44.4 Å². The van der Waals surface area contributed by atoms with Gasteiger partial charge in [0, 0.05) is 21.5 Å². The lowest BCUT2D eigenvalue weighted by molar-refractivity contribution is 0.0298. The molecule has 0 aliphatic rings. The number of carbonyl (C=O) groups is 1. The third-order valence-corrected chi connectivity index (χ3v) is 7.25. The number of halogens is 2. The van der Waals surface area contributed by atoms with Crippen molar-refractivity contribution in [3.63, 3.8) is 0 Å². The molecule has 0 spiro atoms. The van der Waals surface area contributed by atoms with Crippen molar-refractivity contribution >= 4 is 58.0 Å². The first-order chi connectivity index (χ1) is 17.5. The molecule has 0 saturated carbocycles. The lowest BCUT2D eigenvalue weighted by atomic mass is 9.86. The Kier molecular flexibility index (Phi) is 10.7. The van der Waals surface area contributed by atoms with Crippen molar-refractivity contribution in [2.45, 2.75) is 75.6 Å². The van der Waals surface area contributed by atoms with Gasteiger partial charge in [-0.1, -0.05) is 62.2 Å². The molecule has 1 unspecified atom stereocenters. The summed E-state index contributed by atoms with van der Waals surface area (Å²) in [5.41, 5.74) is 12.4. The third kappa shape index (κ3) is 8.91. The number of benzene rings is 1. The van der Waals surface area contributed by atoms with Crippen LogP contribution in [0.5, 0.6) is 0 Å².